The molecule has 0 unspecified atom stereocenters. The van der Waals surface area contributed by atoms with Crippen molar-refractivity contribution in [3.8, 4) is 5.75 Å². The Hall–Kier alpha value is -3.14. The smallest absolute Gasteiger partial charge is 0.271 e. The van der Waals surface area contributed by atoms with E-state index in [1.807, 2.05) is 19.1 Å². The van der Waals surface area contributed by atoms with Crippen LogP contribution >= 0.6 is 0 Å². The Bertz CT molecular complexity index is 976. The van der Waals surface area contributed by atoms with Gasteiger partial charge in [0, 0.05) is 12.1 Å². The molecule has 0 radical (unpaired) electrons. The summed E-state index contributed by atoms with van der Waals surface area (Å²) in [5, 5.41) is 13.7. The van der Waals surface area contributed by atoms with Crippen molar-refractivity contribution in [2.24, 2.45) is 0 Å². The highest BCUT2D eigenvalue weighted by Crippen LogP contribution is 2.23. The monoisotopic (exact) mass is 421 g/mol. The maximum Gasteiger partial charge on any atom is 0.271 e. The van der Waals surface area contributed by atoms with E-state index >= 15 is 0 Å². The van der Waals surface area contributed by atoms with Gasteiger partial charge in [0.2, 0.25) is 15.9 Å². The highest BCUT2D eigenvalue weighted by Gasteiger charge is 2.23. The molecule has 0 aromatic heterocycles. The van der Waals surface area contributed by atoms with Gasteiger partial charge in [-0.05, 0) is 37.6 Å². The van der Waals surface area contributed by atoms with Gasteiger partial charge in [-0.1, -0.05) is 18.2 Å². The molecule has 156 valence electrons. The molecule has 10 heteroatoms. The minimum absolute atomic E-state index is 0.0468. The Morgan fingerprint density at radius 1 is 1.24 bits per heavy atom. The van der Waals surface area contributed by atoms with Gasteiger partial charge in [0.15, 0.2) is 0 Å². The van der Waals surface area contributed by atoms with Crippen molar-refractivity contribution >= 4 is 27.3 Å². The average molecular weight is 421 g/mol. The first-order chi connectivity index (χ1) is 13.6. The van der Waals surface area contributed by atoms with Crippen molar-refractivity contribution in [2.45, 2.75) is 19.9 Å². The third-order valence-electron chi connectivity index (χ3n) is 4.08. The summed E-state index contributed by atoms with van der Waals surface area (Å²) in [6.45, 7) is 3.70. The number of carbonyl (C=O) groups is 1. The summed E-state index contributed by atoms with van der Waals surface area (Å²) in [6, 6.07) is 12.0. The van der Waals surface area contributed by atoms with Crippen molar-refractivity contribution in [3.63, 3.8) is 0 Å². The van der Waals surface area contributed by atoms with E-state index in [0.717, 1.165) is 22.2 Å². The molecule has 2 rings (SSSR count). The van der Waals surface area contributed by atoms with Crippen molar-refractivity contribution in [1.29, 1.82) is 0 Å². The van der Waals surface area contributed by atoms with Crippen LogP contribution in [0.2, 0.25) is 0 Å². The predicted molar refractivity (Wildman–Crippen MR) is 109 cm³/mol. The van der Waals surface area contributed by atoms with Crippen LogP contribution in [0.3, 0.4) is 0 Å². The zero-order chi connectivity index (χ0) is 21.6. The maximum absolute atomic E-state index is 12.5. The number of non-ortho nitro benzene ring substituents is 1. The number of nitrogens with one attached hydrogen (secondary N) is 1. The quantitative estimate of drug-likeness (QED) is 0.491. The standard InChI is InChI=1S/C19H23N3O6S/c1-4-28-18-10-8-15(9-11-18)14(2)20-19(23)13-21(29(3,26)27)16-6-5-7-17(12-16)22(24)25/h5-12,14H,4,13H2,1-3H3,(H,20,23)/t14-/m0/s1. The van der Waals surface area contributed by atoms with Gasteiger partial charge in [-0.15, -0.1) is 0 Å². The molecule has 0 saturated carbocycles. The number of ether oxygens (including phenoxy) is 1. The molecule has 2 aromatic rings. The number of rotatable bonds is 9. The summed E-state index contributed by atoms with van der Waals surface area (Å²) in [5.74, 6) is 0.173. The van der Waals surface area contributed by atoms with E-state index in [-0.39, 0.29) is 17.4 Å². The average Bonchev–Trinajstić information content (AvgIpc) is 2.66. The Morgan fingerprint density at radius 2 is 1.90 bits per heavy atom. The molecule has 0 aliphatic rings. The highest BCUT2D eigenvalue weighted by atomic mass is 32.2. The third kappa shape index (κ3) is 6.18. The van der Waals surface area contributed by atoms with Gasteiger partial charge in [0.05, 0.1) is 29.5 Å². The van der Waals surface area contributed by atoms with Gasteiger partial charge < -0.3 is 10.1 Å². The lowest BCUT2D eigenvalue weighted by Crippen LogP contribution is -2.41. The maximum atomic E-state index is 12.5. The van der Waals surface area contributed by atoms with Crippen LogP contribution in [0.25, 0.3) is 0 Å². The topological polar surface area (TPSA) is 119 Å². The fraction of sp³-hybridized carbons (Fsp3) is 0.316. The molecular formula is C19H23N3O6S. The lowest BCUT2D eigenvalue weighted by Gasteiger charge is -2.23. The number of nitro benzene ring substituents is 1. The van der Waals surface area contributed by atoms with E-state index in [9.17, 15) is 23.3 Å². The fourth-order valence-corrected chi connectivity index (χ4v) is 3.53. The van der Waals surface area contributed by atoms with Gasteiger partial charge >= 0.3 is 0 Å². The Kier molecular flexibility index (Phi) is 7.16. The summed E-state index contributed by atoms with van der Waals surface area (Å²) in [4.78, 5) is 22.8. The summed E-state index contributed by atoms with van der Waals surface area (Å²) in [5.41, 5.74) is 0.605. The number of sulfonamides is 1. The van der Waals surface area contributed by atoms with Crippen LogP contribution < -0.4 is 14.4 Å². The third-order valence-corrected chi connectivity index (χ3v) is 5.23. The second-order valence-corrected chi connectivity index (χ2v) is 8.24. The van der Waals surface area contributed by atoms with Crippen molar-refractivity contribution in [3.05, 3.63) is 64.2 Å². The SMILES string of the molecule is CCOc1ccc([C@H](C)NC(=O)CN(c2cccc([N+](=O)[O-])c2)S(C)(=O)=O)cc1. The molecule has 1 N–H and O–H groups in total. The zero-order valence-electron chi connectivity index (χ0n) is 16.4. The largest absolute Gasteiger partial charge is 0.494 e. The number of carbonyl (C=O) groups excluding carboxylic acids is 1. The second-order valence-electron chi connectivity index (χ2n) is 6.34. The number of amides is 1. The summed E-state index contributed by atoms with van der Waals surface area (Å²) in [7, 11) is -3.83. The highest BCUT2D eigenvalue weighted by molar-refractivity contribution is 7.92. The first-order valence-electron chi connectivity index (χ1n) is 8.86. The number of nitro groups is 1. The lowest BCUT2D eigenvalue weighted by molar-refractivity contribution is -0.384. The van der Waals surface area contributed by atoms with Crippen LogP contribution in [0.4, 0.5) is 11.4 Å². The fourth-order valence-electron chi connectivity index (χ4n) is 2.68. The Morgan fingerprint density at radius 3 is 2.45 bits per heavy atom. The molecule has 0 spiro atoms. The molecule has 1 atom stereocenters. The van der Waals surface area contributed by atoms with E-state index in [4.69, 9.17) is 4.74 Å². The normalized spacial score (nSPS) is 12.1. The number of anilines is 1. The first-order valence-corrected chi connectivity index (χ1v) is 10.7. The summed E-state index contributed by atoms with van der Waals surface area (Å²) >= 11 is 0. The molecule has 2 aromatic carbocycles. The Balaban J connectivity index is 2.14. The van der Waals surface area contributed by atoms with Crippen molar-refractivity contribution in [1.82, 2.24) is 5.32 Å². The van der Waals surface area contributed by atoms with E-state index in [1.165, 1.54) is 18.2 Å². The minimum Gasteiger partial charge on any atom is -0.494 e. The molecule has 0 heterocycles. The predicted octanol–water partition coefficient (Wildman–Crippen LogP) is 2.64. The van der Waals surface area contributed by atoms with Crippen molar-refractivity contribution < 1.29 is 22.9 Å². The molecule has 0 fully saturated rings. The molecule has 29 heavy (non-hydrogen) atoms. The number of nitrogens with zero attached hydrogens (tertiary/aromatic N) is 2. The molecule has 1 amide bonds. The molecule has 0 bridgehead atoms. The van der Waals surface area contributed by atoms with E-state index in [1.54, 1.807) is 19.1 Å². The number of hydrogen-bond donors (Lipinski definition) is 1. The van der Waals surface area contributed by atoms with E-state index < -0.39 is 27.4 Å². The summed E-state index contributed by atoms with van der Waals surface area (Å²) < 4.78 is 30.5. The number of hydrogen-bond acceptors (Lipinski definition) is 6. The minimum atomic E-state index is -3.83. The second kappa shape index (κ2) is 9.37. The first kappa shape index (κ1) is 22.2. The summed E-state index contributed by atoms with van der Waals surface area (Å²) in [6.07, 6.45) is 0.939. The van der Waals surface area contributed by atoms with E-state index in [2.05, 4.69) is 5.32 Å². The van der Waals surface area contributed by atoms with Crippen LogP contribution in [0.15, 0.2) is 48.5 Å². The van der Waals surface area contributed by atoms with Crippen LogP contribution in [0.5, 0.6) is 5.75 Å². The lowest BCUT2D eigenvalue weighted by atomic mass is 10.1. The van der Waals surface area contributed by atoms with Crippen LogP contribution in [-0.4, -0.2) is 38.7 Å². The molecule has 0 aliphatic heterocycles. The number of benzene rings is 2. The van der Waals surface area contributed by atoms with E-state index in [0.29, 0.717) is 12.4 Å². The molecule has 0 aliphatic carbocycles. The molecule has 0 saturated heterocycles. The van der Waals surface area contributed by atoms with Crippen molar-refractivity contribution in [2.75, 3.05) is 23.7 Å². The molecular weight excluding hydrogens is 398 g/mol. The van der Waals surface area contributed by atoms with Crippen LogP contribution in [-0.2, 0) is 14.8 Å². The van der Waals surface area contributed by atoms with Gasteiger partial charge in [0.1, 0.15) is 12.3 Å². The van der Waals surface area contributed by atoms with Gasteiger partial charge in [-0.25, -0.2) is 8.42 Å². The van der Waals surface area contributed by atoms with Gasteiger partial charge in [0.25, 0.3) is 5.69 Å². The van der Waals surface area contributed by atoms with Crippen LogP contribution in [0.1, 0.15) is 25.5 Å². The molecule has 9 nitrogen and oxygen atoms in total. The zero-order valence-corrected chi connectivity index (χ0v) is 17.2. The van der Waals surface area contributed by atoms with Gasteiger partial charge in [-0.2, -0.15) is 0 Å². The van der Waals surface area contributed by atoms with Gasteiger partial charge in [-0.3, -0.25) is 19.2 Å². The van der Waals surface area contributed by atoms with Crippen LogP contribution in [0, 0.1) is 10.1 Å². The Labute approximate surface area is 169 Å².